The maximum absolute atomic E-state index is 12.3. The summed E-state index contributed by atoms with van der Waals surface area (Å²) in [6.07, 6.45) is 0. The van der Waals surface area contributed by atoms with Gasteiger partial charge in [-0.2, -0.15) is 0 Å². The molecule has 0 bridgehead atoms. The number of ether oxygens (including phenoxy) is 3. The molecular formula is C17H19NO4. The van der Waals surface area contributed by atoms with Crippen LogP contribution in [0.5, 0.6) is 17.2 Å². The lowest BCUT2D eigenvalue weighted by molar-refractivity contribution is 0.0950. The van der Waals surface area contributed by atoms with E-state index in [1.54, 1.807) is 12.1 Å². The molecule has 0 unspecified atom stereocenters. The summed E-state index contributed by atoms with van der Waals surface area (Å²) in [6, 6.07) is 13.0. The van der Waals surface area contributed by atoms with Gasteiger partial charge in [-0.05, 0) is 17.7 Å². The Morgan fingerprint density at radius 1 is 0.955 bits per heavy atom. The van der Waals surface area contributed by atoms with Gasteiger partial charge in [0.15, 0.2) is 11.5 Å². The lowest BCUT2D eigenvalue weighted by Gasteiger charge is -2.14. The molecule has 1 N–H and O–H groups in total. The molecule has 0 radical (unpaired) electrons. The van der Waals surface area contributed by atoms with Crippen molar-refractivity contribution in [2.75, 3.05) is 21.3 Å². The van der Waals surface area contributed by atoms with Crippen molar-refractivity contribution < 1.29 is 19.0 Å². The average Bonchev–Trinajstić information content (AvgIpc) is 2.59. The molecular weight excluding hydrogens is 282 g/mol. The van der Waals surface area contributed by atoms with Crippen molar-refractivity contribution in [1.29, 1.82) is 0 Å². The van der Waals surface area contributed by atoms with Crippen LogP contribution in [0.4, 0.5) is 0 Å². The number of amides is 1. The molecule has 0 fully saturated rings. The number of benzene rings is 2. The molecule has 116 valence electrons. The van der Waals surface area contributed by atoms with Crippen LogP contribution >= 0.6 is 0 Å². The summed E-state index contributed by atoms with van der Waals surface area (Å²) in [5, 5.41) is 2.86. The van der Waals surface area contributed by atoms with E-state index in [-0.39, 0.29) is 5.91 Å². The van der Waals surface area contributed by atoms with E-state index in [9.17, 15) is 4.79 Å². The van der Waals surface area contributed by atoms with E-state index in [4.69, 9.17) is 14.2 Å². The van der Waals surface area contributed by atoms with Crippen molar-refractivity contribution in [3.8, 4) is 17.2 Å². The monoisotopic (exact) mass is 301 g/mol. The second-order valence-electron chi connectivity index (χ2n) is 4.58. The topological polar surface area (TPSA) is 56.8 Å². The van der Waals surface area contributed by atoms with Crippen LogP contribution in [-0.4, -0.2) is 27.2 Å². The highest BCUT2D eigenvalue weighted by atomic mass is 16.5. The number of methoxy groups -OCH3 is 3. The molecule has 0 aliphatic carbocycles. The van der Waals surface area contributed by atoms with Gasteiger partial charge in [-0.1, -0.05) is 30.3 Å². The molecule has 0 aliphatic rings. The molecule has 5 heteroatoms. The Morgan fingerprint density at radius 3 is 2.05 bits per heavy atom. The van der Waals surface area contributed by atoms with Crippen molar-refractivity contribution >= 4 is 5.91 Å². The largest absolute Gasteiger partial charge is 0.493 e. The third-order valence-corrected chi connectivity index (χ3v) is 3.22. The van der Waals surface area contributed by atoms with Crippen LogP contribution in [-0.2, 0) is 6.54 Å². The number of carbonyl (C=O) groups excluding carboxylic acids is 1. The van der Waals surface area contributed by atoms with E-state index >= 15 is 0 Å². The van der Waals surface area contributed by atoms with Crippen LogP contribution in [0, 0.1) is 0 Å². The van der Waals surface area contributed by atoms with Gasteiger partial charge in [0.25, 0.3) is 5.91 Å². The van der Waals surface area contributed by atoms with Crippen molar-refractivity contribution in [2.24, 2.45) is 0 Å². The molecule has 22 heavy (non-hydrogen) atoms. The van der Waals surface area contributed by atoms with E-state index in [1.807, 2.05) is 30.3 Å². The van der Waals surface area contributed by atoms with Gasteiger partial charge in [-0.25, -0.2) is 0 Å². The number of rotatable bonds is 6. The first kappa shape index (κ1) is 15.7. The van der Waals surface area contributed by atoms with E-state index < -0.39 is 0 Å². The second kappa shape index (κ2) is 7.36. The molecule has 0 saturated carbocycles. The standard InChI is InChI=1S/C17H19NO4/c1-20-14-9-13(10-15(21-2)16(14)22-3)17(19)18-11-12-7-5-4-6-8-12/h4-10H,11H2,1-3H3,(H,18,19). The molecule has 0 aliphatic heterocycles. The Morgan fingerprint density at radius 2 is 1.55 bits per heavy atom. The van der Waals surface area contributed by atoms with Crippen molar-refractivity contribution in [3.05, 3.63) is 53.6 Å². The molecule has 2 aromatic carbocycles. The molecule has 0 saturated heterocycles. The first-order chi connectivity index (χ1) is 10.7. The third-order valence-electron chi connectivity index (χ3n) is 3.22. The summed E-state index contributed by atoms with van der Waals surface area (Å²) < 4.78 is 15.7. The predicted molar refractivity (Wildman–Crippen MR) is 83.7 cm³/mol. The lowest BCUT2D eigenvalue weighted by atomic mass is 10.1. The van der Waals surface area contributed by atoms with Crippen LogP contribution < -0.4 is 19.5 Å². The van der Waals surface area contributed by atoms with Crippen LogP contribution in [0.3, 0.4) is 0 Å². The number of nitrogens with one attached hydrogen (secondary N) is 1. The van der Waals surface area contributed by atoms with Crippen LogP contribution in [0.15, 0.2) is 42.5 Å². The normalized spacial score (nSPS) is 9.95. The summed E-state index contributed by atoms with van der Waals surface area (Å²) in [4.78, 5) is 12.3. The fourth-order valence-electron chi connectivity index (χ4n) is 2.09. The fourth-order valence-corrected chi connectivity index (χ4v) is 2.09. The van der Waals surface area contributed by atoms with Gasteiger partial charge in [-0.3, -0.25) is 4.79 Å². The Balaban J connectivity index is 2.19. The van der Waals surface area contributed by atoms with Gasteiger partial charge in [-0.15, -0.1) is 0 Å². The second-order valence-corrected chi connectivity index (χ2v) is 4.58. The van der Waals surface area contributed by atoms with Crippen molar-refractivity contribution in [2.45, 2.75) is 6.54 Å². The zero-order valence-electron chi connectivity index (χ0n) is 12.9. The fraction of sp³-hybridized carbons (Fsp3) is 0.235. The zero-order chi connectivity index (χ0) is 15.9. The first-order valence-corrected chi connectivity index (χ1v) is 6.81. The van der Waals surface area contributed by atoms with Gasteiger partial charge < -0.3 is 19.5 Å². The van der Waals surface area contributed by atoms with Crippen LogP contribution in [0.25, 0.3) is 0 Å². The van der Waals surface area contributed by atoms with Gasteiger partial charge in [0, 0.05) is 12.1 Å². The Kier molecular flexibility index (Phi) is 5.25. The summed E-state index contributed by atoms with van der Waals surface area (Å²) in [6.45, 7) is 0.455. The third kappa shape index (κ3) is 3.49. The molecule has 0 atom stereocenters. The molecule has 2 rings (SSSR count). The number of hydrogen-bond acceptors (Lipinski definition) is 4. The van der Waals surface area contributed by atoms with Crippen molar-refractivity contribution in [1.82, 2.24) is 5.32 Å². The smallest absolute Gasteiger partial charge is 0.251 e. The maximum atomic E-state index is 12.3. The van der Waals surface area contributed by atoms with E-state index in [0.29, 0.717) is 29.4 Å². The Hall–Kier alpha value is -2.69. The average molecular weight is 301 g/mol. The van der Waals surface area contributed by atoms with E-state index in [0.717, 1.165) is 5.56 Å². The van der Waals surface area contributed by atoms with Gasteiger partial charge in [0.2, 0.25) is 5.75 Å². The molecule has 0 heterocycles. The van der Waals surface area contributed by atoms with E-state index in [1.165, 1.54) is 21.3 Å². The van der Waals surface area contributed by atoms with Gasteiger partial charge in [0.05, 0.1) is 21.3 Å². The molecule has 5 nitrogen and oxygen atoms in total. The highest BCUT2D eigenvalue weighted by Crippen LogP contribution is 2.38. The lowest BCUT2D eigenvalue weighted by Crippen LogP contribution is -2.22. The first-order valence-electron chi connectivity index (χ1n) is 6.81. The minimum absolute atomic E-state index is 0.205. The zero-order valence-corrected chi connectivity index (χ0v) is 12.9. The van der Waals surface area contributed by atoms with E-state index in [2.05, 4.69) is 5.32 Å². The Labute approximate surface area is 129 Å². The Bertz CT molecular complexity index is 615. The summed E-state index contributed by atoms with van der Waals surface area (Å²) in [7, 11) is 4.56. The van der Waals surface area contributed by atoms with Crippen LogP contribution in [0.2, 0.25) is 0 Å². The summed E-state index contributed by atoms with van der Waals surface area (Å²) >= 11 is 0. The van der Waals surface area contributed by atoms with Crippen molar-refractivity contribution in [3.63, 3.8) is 0 Å². The number of hydrogen-bond donors (Lipinski definition) is 1. The van der Waals surface area contributed by atoms with Crippen LogP contribution in [0.1, 0.15) is 15.9 Å². The predicted octanol–water partition coefficient (Wildman–Crippen LogP) is 2.64. The quantitative estimate of drug-likeness (QED) is 0.891. The van der Waals surface area contributed by atoms with Gasteiger partial charge >= 0.3 is 0 Å². The summed E-state index contributed by atoms with van der Waals surface area (Å²) in [5.41, 5.74) is 1.48. The number of carbonyl (C=O) groups is 1. The minimum Gasteiger partial charge on any atom is -0.493 e. The minimum atomic E-state index is -0.205. The molecule has 0 spiro atoms. The summed E-state index contributed by atoms with van der Waals surface area (Å²) in [5.74, 6) is 1.16. The SMILES string of the molecule is COc1cc(C(=O)NCc2ccccc2)cc(OC)c1OC. The molecule has 0 aromatic heterocycles. The highest BCUT2D eigenvalue weighted by Gasteiger charge is 2.16. The molecule has 2 aromatic rings. The molecule has 1 amide bonds. The maximum Gasteiger partial charge on any atom is 0.251 e. The van der Waals surface area contributed by atoms with Gasteiger partial charge in [0.1, 0.15) is 0 Å². The highest BCUT2D eigenvalue weighted by molar-refractivity contribution is 5.95.